The molecule has 4 rings (SSSR count). The van der Waals surface area contributed by atoms with Crippen LogP contribution in [0.1, 0.15) is 13.8 Å². The van der Waals surface area contributed by atoms with Crippen molar-refractivity contribution in [3.63, 3.8) is 0 Å². The van der Waals surface area contributed by atoms with Crippen LogP contribution in [0.5, 0.6) is 0 Å². The van der Waals surface area contributed by atoms with E-state index in [1.807, 2.05) is 38.1 Å². The fourth-order valence-electron chi connectivity index (χ4n) is 2.98. The topological polar surface area (TPSA) is 40.5 Å². The second-order valence-corrected chi connectivity index (χ2v) is 4.88. The van der Waals surface area contributed by atoms with Crippen LogP contribution in [-0.2, 0) is 0 Å². The zero-order valence-corrected chi connectivity index (χ0v) is 12.2. The Hall–Kier alpha value is -2.10. The summed E-state index contributed by atoms with van der Waals surface area (Å²) in [7, 11) is -1.44. The smallest absolute Gasteiger partial charge is 0.423 e. The predicted molar refractivity (Wildman–Crippen MR) is 91.3 cm³/mol. The lowest BCUT2D eigenvalue weighted by Crippen LogP contribution is -2.30. The molecule has 104 valence electrons. The minimum absolute atomic E-state index is 0.561. The van der Waals surface area contributed by atoms with E-state index in [2.05, 4.69) is 24.3 Å². The molecule has 0 aliphatic carbocycles. The first kappa shape index (κ1) is 13.9. The van der Waals surface area contributed by atoms with E-state index in [-0.39, 0.29) is 0 Å². The van der Waals surface area contributed by atoms with E-state index in [1.54, 1.807) is 6.07 Å². The van der Waals surface area contributed by atoms with Gasteiger partial charge in [0.1, 0.15) is 0 Å². The van der Waals surface area contributed by atoms with Crippen LogP contribution in [0.3, 0.4) is 0 Å². The summed E-state index contributed by atoms with van der Waals surface area (Å²) in [5.41, 5.74) is 0.561. The third-order valence-corrected chi connectivity index (χ3v) is 3.84. The summed E-state index contributed by atoms with van der Waals surface area (Å²) in [6.45, 7) is 4.00. The van der Waals surface area contributed by atoms with Gasteiger partial charge in [0.2, 0.25) is 0 Å². The van der Waals surface area contributed by atoms with Gasteiger partial charge in [0.15, 0.2) is 0 Å². The standard InChI is InChI=1S/C16H11BO2.C2H6/c18-17(19)14-9-7-12-5-4-10-2-1-3-11-6-8-13(14)16(12)15(10)11;1-2/h1-9,18-19H;1-2H3. The highest BCUT2D eigenvalue weighted by Gasteiger charge is 2.17. The van der Waals surface area contributed by atoms with Gasteiger partial charge in [-0.1, -0.05) is 68.4 Å². The highest BCUT2D eigenvalue weighted by Crippen LogP contribution is 2.33. The molecular formula is C18H17BO2. The maximum absolute atomic E-state index is 9.51. The van der Waals surface area contributed by atoms with Crippen molar-refractivity contribution in [1.82, 2.24) is 0 Å². The van der Waals surface area contributed by atoms with Crippen LogP contribution in [0.4, 0.5) is 0 Å². The van der Waals surface area contributed by atoms with Crippen LogP contribution in [0.2, 0.25) is 0 Å². The molecule has 0 saturated heterocycles. The van der Waals surface area contributed by atoms with Gasteiger partial charge in [-0.15, -0.1) is 0 Å². The summed E-state index contributed by atoms with van der Waals surface area (Å²) in [6.07, 6.45) is 0. The highest BCUT2D eigenvalue weighted by atomic mass is 16.4. The lowest BCUT2D eigenvalue weighted by atomic mass is 9.75. The Morgan fingerprint density at radius 2 is 1.19 bits per heavy atom. The Kier molecular flexibility index (Phi) is 3.54. The summed E-state index contributed by atoms with van der Waals surface area (Å²) >= 11 is 0. The molecule has 2 N–H and O–H groups in total. The molecule has 0 unspecified atom stereocenters. The van der Waals surface area contributed by atoms with Crippen LogP contribution in [0.15, 0.2) is 54.6 Å². The summed E-state index contributed by atoms with van der Waals surface area (Å²) in [5, 5.41) is 25.7. The van der Waals surface area contributed by atoms with E-state index < -0.39 is 7.12 Å². The van der Waals surface area contributed by atoms with Crippen molar-refractivity contribution in [2.24, 2.45) is 0 Å². The van der Waals surface area contributed by atoms with Gasteiger partial charge in [-0.05, 0) is 37.8 Å². The maximum atomic E-state index is 9.51. The van der Waals surface area contributed by atoms with Crippen LogP contribution in [0, 0.1) is 0 Å². The molecule has 0 aliphatic rings. The Morgan fingerprint density at radius 3 is 1.81 bits per heavy atom. The Morgan fingerprint density at radius 1 is 0.667 bits per heavy atom. The molecule has 4 aromatic carbocycles. The van der Waals surface area contributed by atoms with E-state index in [1.165, 1.54) is 16.2 Å². The average molecular weight is 276 g/mol. The predicted octanol–water partition coefficient (Wildman–Crippen LogP) is 3.29. The van der Waals surface area contributed by atoms with Crippen molar-refractivity contribution in [2.45, 2.75) is 13.8 Å². The molecular weight excluding hydrogens is 259 g/mol. The summed E-state index contributed by atoms with van der Waals surface area (Å²) in [4.78, 5) is 0. The first-order chi connectivity index (χ1) is 10.3. The second-order valence-electron chi connectivity index (χ2n) is 4.88. The molecule has 0 bridgehead atoms. The quantitative estimate of drug-likeness (QED) is 0.413. The Bertz CT molecular complexity index is 884. The molecule has 0 spiro atoms. The van der Waals surface area contributed by atoms with Crippen LogP contribution in [-0.4, -0.2) is 17.2 Å². The first-order valence-corrected chi connectivity index (χ1v) is 7.28. The molecule has 4 aromatic rings. The monoisotopic (exact) mass is 276 g/mol. The van der Waals surface area contributed by atoms with E-state index in [0.29, 0.717) is 5.46 Å². The number of benzene rings is 4. The molecule has 0 fully saturated rings. The first-order valence-electron chi connectivity index (χ1n) is 7.28. The average Bonchev–Trinajstić information content (AvgIpc) is 2.54. The van der Waals surface area contributed by atoms with Crippen molar-refractivity contribution in [1.29, 1.82) is 0 Å². The largest absolute Gasteiger partial charge is 0.489 e. The Balaban J connectivity index is 0.000000636. The minimum Gasteiger partial charge on any atom is -0.423 e. The fourth-order valence-corrected chi connectivity index (χ4v) is 2.98. The van der Waals surface area contributed by atoms with Crippen molar-refractivity contribution in [2.75, 3.05) is 0 Å². The van der Waals surface area contributed by atoms with Gasteiger partial charge < -0.3 is 10.0 Å². The molecule has 0 atom stereocenters. The Labute approximate surface area is 124 Å². The lowest BCUT2D eigenvalue weighted by molar-refractivity contribution is 0.426. The number of hydrogen-bond donors (Lipinski definition) is 2. The molecule has 0 aromatic heterocycles. The summed E-state index contributed by atoms with van der Waals surface area (Å²) in [5.74, 6) is 0. The highest BCUT2D eigenvalue weighted by molar-refractivity contribution is 6.62. The van der Waals surface area contributed by atoms with E-state index in [9.17, 15) is 10.0 Å². The van der Waals surface area contributed by atoms with E-state index in [4.69, 9.17) is 0 Å². The third-order valence-electron chi connectivity index (χ3n) is 3.84. The SMILES string of the molecule is CC.OB(O)c1ccc2ccc3cccc4ccc1c2c34. The van der Waals surface area contributed by atoms with Crippen molar-refractivity contribution >= 4 is 44.9 Å². The van der Waals surface area contributed by atoms with Gasteiger partial charge in [0, 0.05) is 0 Å². The molecule has 0 heterocycles. The van der Waals surface area contributed by atoms with Crippen molar-refractivity contribution in [3.8, 4) is 0 Å². The summed E-state index contributed by atoms with van der Waals surface area (Å²) in [6, 6.07) is 18.1. The molecule has 21 heavy (non-hydrogen) atoms. The van der Waals surface area contributed by atoms with Crippen molar-refractivity contribution in [3.05, 3.63) is 54.6 Å². The van der Waals surface area contributed by atoms with E-state index >= 15 is 0 Å². The zero-order valence-electron chi connectivity index (χ0n) is 12.2. The van der Waals surface area contributed by atoms with Gasteiger partial charge in [-0.25, -0.2) is 0 Å². The second kappa shape index (κ2) is 5.36. The molecule has 0 saturated carbocycles. The summed E-state index contributed by atoms with van der Waals surface area (Å²) < 4.78 is 0. The number of rotatable bonds is 1. The van der Waals surface area contributed by atoms with Gasteiger partial charge in [0.25, 0.3) is 0 Å². The van der Waals surface area contributed by atoms with Gasteiger partial charge in [-0.2, -0.15) is 0 Å². The molecule has 0 amide bonds. The fraction of sp³-hybridized carbons (Fsp3) is 0.111. The van der Waals surface area contributed by atoms with Crippen molar-refractivity contribution < 1.29 is 10.0 Å². The number of hydrogen-bond acceptors (Lipinski definition) is 2. The molecule has 0 radical (unpaired) electrons. The molecule has 3 heteroatoms. The lowest BCUT2D eigenvalue weighted by Gasteiger charge is -2.13. The van der Waals surface area contributed by atoms with E-state index in [0.717, 1.165) is 16.2 Å². The van der Waals surface area contributed by atoms with Gasteiger partial charge >= 0.3 is 7.12 Å². The maximum Gasteiger partial charge on any atom is 0.489 e. The minimum atomic E-state index is -1.44. The van der Waals surface area contributed by atoms with Crippen LogP contribution >= 0.6 is 0 Å². The molecule has 0 aliphatic heterocycles. The third kappa shape index (κ3) is 2.06. The van der Waals surface area contributed by atoms with Crippen LogP contribution < -0.4 is 5.46 Å². The zero-order chi connectivity index (χ0) is 15.0. The van der Waals surface area contributed by atoms with Crippen LogP contribution in [0.25, 0.3) is 32.3 Å². The van der Waals surface area contributed by atoms with Gasteiger partial charge in [-0.3, -0.25) is 0 Å². The van der Waals surface area contributed by atoms with Gasteiger partial charge in [0.05, 0.1) is 0 Å². The molecule has 2 nitrogen and oxygen atoms in total. The normalized spacial score (nSPS) is 10.9.